The van der Waals surface area contributed by atoms with E-state index < -0.39 is 0 Å². The smallest absolute Gasteiger partial charge is 0.305 e. The van der Waals surface area contributed by atoms with Gasteiger partial charge in [0.05, 0.1) is 13.7 Å². The van der Waals surface area contributed by atoms with Gasteiger partial charge in [-0.2, -0.15) is 0 Å². The average molecular weight is 263 g/mol. The van der Waals surface area contributed by atoms with Crippen molar-refractivity contribution < 1.29 is 14.3 Å². The maximum atomic E-state index is 11.2. The van der Waals surface area contributed by atoms with E-state index in [4.69, 9.17) is 10.5 Å². The monoisotopic (exact) mass is 263 g/mol. The fourth-order valence-corrected chi connectivity index (χ4v) is 2.66. The van der Waals surface area contributed by atoms with Crippen molar-refractivity contribution in [1.82, 2.24) is 0 Å². The molecule has 0 radical (unpaired) electrons. The van der Waals surface area contributed by atoms with Gasteiger partial charge in [-0.25, -0.2) is 0 Å². The summed E-state index contributed by atoms with van der Waals surface area (Å²) in [6.45, 7) is 2.63. The zero-order valence-electron chi connectivity index (χ0n) is 11.6. The minimum Gasteiger partial charge on any atom is -0.494 e. The van der Waals surface area contributed by atoms with Crippen LogP contribution in [0.25, 0.3) is 0 Å². The van der Waals surface area contributed by atoms with Gasteiger partial charge in [-0.3, -0.25) is 4.79 Å². The molecular formula is C15H21NO3. The van der Waals surface area contributed by atoms with Crippen LogP contribution in [0, 0.1) is 0 Å². The molecule has 1 aliphatic rings. The Balaban J connectivity index is 2.22. The van der Waals surface area contributed by atoms with Crippen molar-refractivity contribution in [3.05, 3.63) is 28.8 Å². The summed E-state index contributed by atoms with van der Waals surface area (Å²) in [7, 11) is 1.42. The minimum atomic E-state index is -0.176. The van der Waals surface area contributed by atoms with Crippen LogP contribution in [0.1, 0.15) is 30.0 Å². The van der Waals surface area contributed by atoms with Crippen LogP contribution in [0.5, 0.6) is 5.75 Å². The first kappa shape index (κ1) is 13.9. The van der Waals surface area contributed by atoms with Crippen molar-refractivity contribution in [2.45, 2.75) is 38.6 Å². The molecule has 19 heavy (non-hydrogen) atoms. The molecule has 0 bridgehead atoms. The lowest BCUT2D eigenvalue weighted by molar-refractivity contribution is -0.140. The first-order valence-corrected chi connectivity index (χ1v) is 6.74. The topological polar surface area (TPSA) is 61.5 Å². The molecule has 4 heteroatoms. The Labute approximate surface area is 113 Å². The normalized spacial score (nSPS) is 17.1. The predicted octanol–water partition coefficient (Wildman–Crippen LogP) is 1.62. The molecule has 0 saturated heterocycles. The fraction of sp³-hybridized carbons (Fsp3) is 0.533. The average Bonchev–Trinajstić information content (AvgIpc) is 2.79. The maximum absolute atomic E-state index is 11.2. The summed E-state index contributed by atoms with van der Waals surface area (Å²) in [5.41, 5.74) is 9.73. The van der Waals surface area contributed by atoms with Gasteiger partial charge in [0.15, 0.2) is 0 Å². The highest BCUT2D eigenvalue weighted by Crippen LogP contribution is 2.33. The summed E-state index contributed by atoms with van der Waals surface area (Å²) in [4.78, 5) is 11.2. The number of benzene rings is 1. The van der Waals surface area contributed by atoms with E-state index in [9.17, 15) is 4.79 Å². The lowest BCUT2D eigenvalue weighted by Gasteiger charge is -2.13. The Morgan fingerprint density at radius 1 is 1.37 bits per heavy atom. The second-order valence-corrected chi connectivity index (χ2v) is 4.86. The van der Waals surface area contributed by atoms with Gasteiger partial charge in [-0.1, -0.05) is 6.07 Å². The van der Waals surface area contributed by atoms with E-state index in [1.165, 1.54) is 23.8 Å². The van der Waals surface area contributed by atoms with Crippen molar-refractivity contribution >= 4 is 5.97 Å². The third-order valence-electron chi connectivity index (χ3n) is 3.54. The van der Waals surface area contributed by atoms with Crippen LogP contribution >= 0.6 is 0 Å². The van der Waals surface area contributed by atoms with Gasteiger partial charge in [-0.05, 0) is 48.9 Å². The summed E-state index contributed by atoms with van der Waals surface area (Å²) >= 11 is 0. The number of fused-ring (bicyclic) bond motifs is 1. The third kappa shape index (κ3) is 3.07. The van der Waals surface area contributed by atoms with Crippen molar-refractivity contribution in [3.8, 4) is 5.75 Å². The van der Waals surface area contributed by atoms with E-state index in [2.05, 4.69) is 4.74 Å². The van der Waals surface area contributed by atoms with Crippen LogP contribution < -0.4 is 10.5 Å². The predicted molar refractivity (Wildman–Crippen MR) is 73.3 cm³/mol. The van der Waals surface area contributed by atoms with Crippen LogP contribution in [-0.2, 0) is 28.8 Å². The summed E-state index contributed by atoms with van der Waals surface area (Å²) in [6.07, 6.45) is 2.84. The Kier molecular flexibility index (Phi) is 4.43. The fourth-order valence-electron chi connectivity index (χ4n) is 2.66. The summed E-state index contributed by atoms with van der Waals surface area (Å²) in [5, 5.41) is 0. The molecule has 2 rings (SSSR count). The molecular weight excluding hydrogens is 242 g/mol. The highest BCUT2D eigenvalue weighted by Gasteiger charge is 2.24. The summed E-state index contributed by atoms with van der Waals surface area (Å²) in [6, 6.07) is 4.20. The molecule has 104 valence electrons. The highest BCUT2D eigenvalue weighted by atomic mass is 16.5. The van der Waals surface area contributed by atoms with Gasteiger partial charge in [-0.15, -0.1) is 0 Å². The van der Waals surface area contributed by atoms with Crippen molar-refractivity contribution in [3.63, 3.8) is 0 Å². The van der Waals surface area contributed by atoms with Crippen LogP contribution in [0.4, 0.5) is 0 Å². The van der Waals surface area contributed by atoms with E-state index in [0.717, 1.165) is 18.6 Å². The van der Waals surface area contributed by atoms with E-state index in [0.29, 0.717) is 19.4 Å². The third-order valence-corrected chi connectivity index (χ3v) is 3.54. The Hall–Kier alpha value is -1.55. The van der Waals surface area contributed by atoms with E-state index in [1.54, 1.807) is 0 Å². The van der Waals surface area contributed by atoms with Crippen molar-refractivity contribution in [1.29, 1.82) is 0 Å². The van der Waals surface area contributed by atoms with Gasteiger partial charge < -0.3 is 15.2 Å². The molecule has 0 aromatic heterocycles. The maximum Gasteiger partial charge on any atom is 0.305 e. The van der Waals surface area contributed by atoms with Crippen LogP contribution in [0.2, 0.25) is 0 Å². The molecule has 0 amide bonds. The van der Waals surface area contributed by atoms with Gasteiger partial charge >= 0.3 is 5.97 Å². The molecule has 0 spiro atoms. The Morgan fingerprint density at radius 3 is 2.79 bits per heavy atom. The molecule has 1 unspecified atom stereocenters. The van der Waals surface area contributed by atoms with Crippen LogP contribution in [0.3, 0.4) is 0 Å². The number of ether oxygens (including phenoxy) is 2. The standard InChI is InChI=1S/C15H21NO3/c1-3-19-14-6-4-10(5-7-15(17)18-2)12-8-11(16)9-13(12)14/h4,6,11H,3,5,7-9,16H2,1-2H3. The second kappa shape index (κ2) is 6.06. The lowest BCUT2D eigenvalue weighted by atomic mass is 9.98. The van der Waals surface area contributed by atoms with Gasteiger partial charge in [0, 0.05) is 12.5 Å². The molecule has 4 nitrogen and oxygen atoms in total. The zero-order valence-corrected chi connectivity index (χ0v) is 11.6. The number of carbonyl (C=O) groups is 1. The van der Waals surface area contributed by atoms with Crippen molar-refractivity contribution in [2.75, 3.05) is 13.7 Å². The zero-order chi connectivity index (χ0) is 13.8. The number of rotatable bonds is 5. The quantitative estimate of drug-likeness (QED) is 0.820. The molecule has 0 saturated carbocycles. The largest absolute Gasteiger partial charge is 0.494 e. The molecule has 0 aliphatic heterocycles. The molecule has 1 aromatic carbocycles. The van der Waals surface area contributed by atoms with Crippen molar-refractivity contribution in [2.24, 2.45) is 5.73 Å². The lowest BCUT2D eigenvalue weighted by Crippen LogP contribution is -2.19. The number of hydrogen-bond donors (Lipinski definition) is 1. The molecule has 0 heterocycles. The van der Waals surface area contributed by atoms with Crippen LogP contribution in [0.15, 0.2) is 12.1 Å². The minimum absolute atomic E-state index is 0.161. The van der Waals surface area contributed by atoms with Gasteiger partial charge in [0.25, 0.3) is 0 Å². The number of hydrogen-bond acceptors (Lipinski definition) is 4. The number of aryl methyl sites for hydroxylation is 1. The summed E-state index contributed by atoms with van der Waals surface area (Å²) in [5.74, 6) is 0.761. The Morgan fingerprint density at radius 2 is 2.11 bits per heavy atom. The molecule has 0 fully saturated rings. The SMILES string of the molecule is CCOc1ccc(CCC(=O)OC)c2c1CC(N)C2. The molecule has 1 aromatic rings. The van der Waals surface area contributed by atoms with Crippen LogP contribution in [-0.4, -0.2) is 25.7 Å². The number of esters is 1. The first-order chi connectivity index (χ1) is 9.15. The molecule has 1 atom stereocenters. The Bertz CT molecular complexity index is 471. The van der Waals surface area contributed by atoms with E-state index >= 15 is 0 Å². The second-order valence-electron chi connectivity index (χ2n) is 4.86. The highest BCUT2D eigenvalue weighted by molar-refractivity contribution is 5.69. The molecule has 1 aliphatic carbocycles. The summed E-state index contributed by atoms with van der Waals surface area (Å²) < 4.78 is 10.3. The number of nitrogens with two attached hydrogens (primary N) is 1. The van der Waals surface area contributed by atoms with Gasteiger partial charge in [0.1, 0.15) is 5.75 Å². The van der Waals surface area contributed by atoms with E-state index in [1.807, 2.05) is 19.1 Å². The number of carbonyl (C=O) groups excluding carboxylic acids is 1. The molecule has 2 N–H and O–H groups in total. The first-order valence-electron chi connectivity index (χ1n) is 6.74. The van der Waals surface area contributed by atoms with Gasteiger partial charge in [0.2, 0.25) is 0 Å². The van der Waals surface area contributed by atoms with E-state index in [-0.39, 0.29) is 12.0 Å². The number of methoxy groups -OCH3 is 1.